The van der Waals surface area contributed by atoms with Crippen LogP contribution in [0.4, 0.5) is 0 Å². The molecule has 0 radical (unpaired) electrons. The highest BCUT2D eigenvalue weighted by atomic mass is 16.5. The molecule has 0 aliphatic heterocycles. The molecule has 2 N–H and O–H groups in total. The Morgan fingerprint density at radius 2 is 1.95 bits per heavy atom. The van der Waals surface area contributed by atoms with Gasteiger partial charge in [-0.15, -0.1) is 0 Å². The molecule has 0 saturated carbocycles. The summed E-state index contributed by atoms with van der Waals surface area (Å²) < 4.78 is 11.3. The normalized spacial score (nSPS) is 10.8. The zero-order chi connectivity index (χ0) is 13.8. The molecule has 1 heterocycles. The number of rotatable bonds is 5. The van der Waals surface area contributed by atoms with Crippen LogP contribution in [-0.2, 0) is 13.0 Å². The zero-order valence-electron chi connectivity index (χ0n) is 11.1. The van der Waals surface area contributed by atoms with E-state index >= 15 is 0 Å². The molecule has 0 amide bonds. The Hall–Kier alpha value is -2.33. The van der Waals surface area contributed by atoms with Crippen LogP contribution in [0, 0.1) is 0 Å². The Morgan fingerprint density at radius 1 is 1.10 bits per heavy atom. The molecule has 0 aliphatic rings. The fourth-order valence-corrected chi connectivity index (χ4v) is 2.02. The maximum absolute atomic E-state index is 5.70. The van der Waals surface area contributed by atoms with Gasteiger partial charge in [-0.25, -0.2) is 4.98 Å². The summed E-state index contributed by atoms with van der Waals surface area (Å²) in [6.07, 6.45) is 0.640. The van der Waals surface area contributed by atoms with Crippen molar-refractivity contribution >= 4 is 11.1 Å². The number of benzene rings is 2. The Labute approximate surface area is 117 Å². The van der Waals surface area contributed by atoms with Crippen molar-refractivity contribution in [2.75, 3.05) is 6.61 Å². The van der Waals surface area contributed by atoms with Crippen molar-refractivity contribution in [3.05, 3.63) is 60.0 Å². The van der Waals surface area contributed by atoms with Crippen molar-refractivity contribution in [1.82, 2.24) is 4.98 Å². The van der Waals surface area contributed by atoms with E-state index in [0.29, 0.717) is 25.5 Å². The number of nitrogens with two attached hydrogens (primary N) is 1. The van der Waals surface area contributed by atoms with Crippen molar-refractivity contribution < 1.29 is 9.15 Å². The lowest BCUT2D eigenvalue weighted by molar-refractivity contribution is 0.308. The molecule has 102 valence electrons. The number of nitrogens with zero attached hydrogens (tertiary/aromatic N) is 1. The van der Waals surface area contributed by atoms with Crippen LogP contribution in [0.2, 0.25) is 0 Å². The van der Waals surface area contributed by atoms with Crippen LogP contribution in [0.3, 0.4) is 0 Å². The van der Waals surface area contributed by atoms with Gasteiger partial charge in [0.1, 0.15) is 11.3 Å². The summed E-state index contributed by atoms with van der Waals surface area (Å²) in [5, 5.41) is 0. The topological polar surface area (TPSA) is 61.3 Å². The monoisotopic (exact) mass is 268 g/mol. The maximum atomic E-state index is 5.70. The number of fused-ring (bicyclic) bond motifs is 1. The van der Waals surface area contributed by atoms with Crippen molar-refractivity contribution in [2.45, 2.75) is 13.0 Å². The molecule has 0 spiro atoms. The van der Waals surface area contributed by atoms with Gasteiger partial charge >= 0.3 is 0 Å². The fourth-order valence-electron chi connectivity index (χ4n) is 2.02. The van der Waals surface area contributed by atoms with E-state index in [0.717, 1.165) is 22.4 Å². The summed E-state index contributed by atoms with van der Waals surface area (Å²) >= 11 is 0. The molecule has 4 heteroatoms. The summed E-state index contributed by atoms with van der Waals surface area (Å²) in [4.78, 5) is 4.43. The Kier molecular flexibility index (Phi) is 3.65. The highest BCUT2D eigenvalue weighted by molar-refractivity contribution is 5.73. The molecule has 20 heavy (non-hydrogen) atoms. The van der Waals surface area contributed by atoms with Crippen LogP contribution < -0.4 is 10.5 Å². The lowest BCUT2D eigenvalue weighted by Gasteiger charge is -2.03. The average molecular weight is 268 g/mol. The molecule has 0 saturated heterocycles. The van der Waals surface area contributed by atoms with Gasteiger partial charge in [-0.3, -0.25) is 0 Å². The molecule has 0 aliphatic carbocycles. The van der Waals surface area contributed by atoms with E-state index in [9.17, 15) is 0 Å². The van der Waals surface area contributed by atoms with Crippen LogP contribution in [0.25, 0.3) is 11.1 Å². The predicted molar refractivity (Wildman–Crippen MR) is 77.5 cm³/mol. The molecular weight excluding hydrogens is 252 g/mol. The van der Waals surface area contributed by atoms with Crippen molar-refractivity contribution in [1.29, 1.82) is 0 Å². The van der Waals surface area contributed by atoms with E-state index in [4.69, 9.17) is 14.9 Å². The van der Waals surface area contributed by atoms with Crippen molar-refractivity contribution in [3.8, 4) is 5.75 Å². The summed E-state index contributed by atoms with van der Waals surface area (Å²) in [6.45, 7) is 1.05. The van der Waals surface area contributed by atoms with E-state index < -0.39 is 0 Å². The minimum atomic E-state index is 0.503. The highest BCUT2D eigenvalue weighted by Crippen LogP contribution is 2.18. The van der Waals surface area contributed by atoms with Crippen molar-refractivity contribution in [3.63, 3.8) is 0 Å². The SMILES string of the molecule is NCc1ccc2nc(CCOc3ccccc3)oc2c1. The third-order valence-corrected chi connectivity index (χ3v) is 3.06. The van der Waals surface area contributed by atoms with Crippen LogP contribution in [0.5, 0.6) is 5.75 Å². The van der Waals surface area contributed by atoms with Gasteiger partial charge in [0.25, 0.3) is 0 Å². The maximum Gasteiger partial charge on any atom is 0.198 e. The summed E-state index contributed by atoms with van der Waals surface area (Å²) in [5.41, 5.74) is 8.29. The molecule has 4 nitrogen and oxygen atoms in total. The standard InChI is InChI=1S/C16H16N2O2/c17-11-12-6-7-14-15(10-12)20-16(18-14)8-9-19-13-4-2-1-3-5-13/h1-7,10H,8-9,11,17H2. The second-order valence-electron chi connectivity index (χ2n) is 4.53. The minimum absolute atomic E-state index is 0.503. The second kappa shape index (κ2) is 5.75. The number of ether oxygens (including phenoxy) is 1. The van der Waals surface area contributed by atoms with Gasteiger partial charge in [0.05, 0.1) is 13.0 Å². The largest absolute Gasteiger partial charge is 0.493 e. The number of aromatic nitrogens is 1. The molecule has 2 aromatic carbocycles. The minimum Gasteiger partial charge on any atom is -0.493 e. The first kappa shape index (κ1) is 12.7. The van der Waals surface area contributed by atoms with E-state index in [1.807, 2.05) is 48.5 Å². The molecule has 3 rings (SSSR count). The average Bonchev–Trinajstić information content (AvgIpc) is 2.90. The number of para-hydroxylation sites is 1. The quantitative estimate of drug-likeness (QED) is 0.773. The molecular formula is C16H16N2O2. The van der Waals surface area contributed by atoms with E-state index in [2.05, 4.69) is 4.98 Å². The number of oxazole rings is 1. The number of hydrogen-bond acceptors (Lipinski definition) is 4. The smallest absolute Gasteiger partial charge is 0.198 e. The van der Waals surface area contributed by atoms with Crippen LogP contribution in [0.1, 0.15) is 11.5 Å². The highest BCUT2D eigenvalue weighted by Gasteiger charge is 2.06. The summed E-state index contributed by atoms with van der Waals surface area (Å²) in [7, 11) is 0. The third kappa shape index (κ3) is 2.81. The Balaban J connectivity index is 1.66. The predicted octanol–water partition coefficient (Wildman–Crippen LogP) is 2.91. The first-order valence-electron chi connectivity index (χ1n) is 6.61. The van der Waals surface area contributed by atoms with E-state index in [-0.39, 0.29) is 0 Å². The molecule has 1 aromatic heterocycles. The second-order valence-corrected chi connectivity index (χ2v) is 4.53. The molecule has 0 unspecified atom stereocenters. The third-order valence-electron chi connectivity index (χ3n) is 3.06. The lowest BCUT2D eigenvalue weighted by Crippen LogP contribution is -2.01. The van der Waals surface area contributed by atoms with E-state index in [1.54, 1.807) is 0 Å². The first-order valence-corrected chi connectivity index (χ1v) is 6.61. The van der Waals surface area contributed by atoms with Crippen LogP contribution in [-0.4, -0.2) is 11.6 Å². The Bertz CT molecular complexity index is 692. The molecule has 0 bridgehead atoms. The van der Waals surface area contributed by atoms with Gasteiger partial charge in [-0.05, 0) is 29.8 Å². The van der Waals surface area contributed by atoms with E-state index in [1.165, 1.54) is 0 Å². The first-order chi connectivity index (χ1) is 9.85. The van der Waals surface area contributed by atoms with Gasteiger partial charge < -0.3 is 14.9 Å². The molecule has 3 aromatic rings. The van der Waals surface area contributed by atoms with Gasteiger partial charge in [0.2, 0.25) is 0 Å². The Morgan fingerprint density at radius 3 is 2.75 bits per heavy atom. The van der Waals surface area contributed by atoms with Crippen molar-refractivity contribution in [2.24, 2.45) is 5.73 Å². The van der Waals surface area contributed by atoms with Crippen LogP contribution >= 0.6 is 0 Å². The number of hydrogen-bond donors (Lipinski definition) is 1. The van der Waals surface area contributed by atoms with Gasteiger partial charge in [0.15, 0.2) is 11.5 Å². The van der Waals surface area contributed by atoms with Gasteiger partial charge in [-0.2, -0.15) is 0 Å². The summed E-state index contributed by atoms with van der Waals surface area (Å²) in [5.74, 6) is 1.54. The fraction of sp³-hybridized carbons (Fsp3) is 0.188. The molecule has 0 fully saturated rings. The summed E-state index contributed by atoms with van der Waals surface area (Å²) in [6, 6.07) is 15.6. The van der Waals surface area contributed by atoms with Gasteiger partial charge in [0, 0.05) is 6.54 Å². The van der Waals surface area contributed by atoms with Crippen LogP contribution in [0.15, 0.2) is 52.9 Å². The zero-order valence-corrected chi connectivity index (χ0v) is 11.1. The van der Waals surface area contributed by atoms with Gasteiger partial charge in [-0.1, -0.05) is 24.3 Å². The lowest BCUT2D eigenvalue weighted by atomic mass is 10.2. The molecule has 0 atom stereocenters.